The highest BCUT2D eigenvalue weighted by atomic mass is 31.2. The van der Waals surface area contributed by atoms with Crippen molar-refractivity contribution < 1.29 is 23.9 Å². The molecule has 0 heterocycles. The van der Waals surface area contributed by atoms with Crippen molar-refractivity contribution >= 4 is 13.6 Å². The Bertz CT molecular complexity index is 431. The largest absolute Gasteiger partial charge is 0.479 e. The highest BCUT2D eigenvalue weighted by Gasteiger charge is 2.30. The van der Waals surface area contributed by atoms with Gasteiger partial charge >= 0.3 is 13.6 Å². The molecule has 1 aromatic carbocycles. The van der Waals surface area contributed by atoms with Crippen molar-refractivity contribution in [3.05, 3.63) is 35.9 Å². The van der Waals surface area contributed by atoms with Crippen LogP contribution in [0.2, 0.25) is 0 Å². The summed E-state index contributed by atoms with van der Waals surface area (Å²) in [5.41, 5.74) is 0.357. The van der Waals surface area contributed by atoms with E-state index in [0.717, 1.165) is 6.42 Å². The smallest absolute Gasteiger partial charge is 0.338 e. The van der Waals surface area contributed by atoms with E-state index in [-0.39, 0.29) is 6.16 Å². The Morgan fingerprint density at radius 2 is 2.00 bits per heavy atom. The quantitative estimate of drug-likeness (QED) is 0.745. The fourth-order valence-corrected chi connectivity index (χ4v) is 2.81. The number of carbonyl (C=O) groups is 1. The van der Waals surface area contributed by atoms with Crippen molar-refractivity contribution in [1.29, 1.82) is 0 Å². The summed E-state index contributed by atoms with van der Waals surface area (Å²) in [7, 11) is -3.87. The average molecular weight is 272 g/mol. The monoisotopic (exact) mass is 272 g/mol. The van der Waals surface area contributed by atoms with E-state index in [0.29, 0.717) is 12.0 Å². The molecule has 0 fully saturated rings. The first kappa shape index (κ1) is 14.9. The van der Waals surface area contributed by atoms with E-state index in [1.165, 1.54) is 0 Å². The molecule has 2 unspecified atom stereocenters. The normalized spacial score (nSPS) is 15.9. The highest BCUT2D eigenvalue weighted by molar-refractivity contribution is 7.52. The minimum absolute atomic E-state index is 0.0277. The molecule has 0 saturated heterocycles. The van der Waals surface area contributed by atoms with Gasteiger partial charge in [-0.15, -0.1) is 0 Å². The maximum absolute atomic E-state index is 11.7. The van der Waals surface area contributed by atoms with Gasteiger partial charge in [0, 0.05) is 0 Å². The number of carboxylic acid groups (broad SMARTS) is 1. The van der Waals surface area contributed by atoms with Crippen molar-refractivity contribution in [3.8, 4) is 0 Å². The van der Waals surface area contributed by atoms with E-state index >= 15 is 0 Å². The van der Waals surface area contributed by atoms with Crippen LogP contribution in [0, 0.1) is 0 Å². The molecule has 5 nitrogen and oxygen atoms in total. The number of rotatable bonds is 7. The van der Waals surface area contributed by atoms with E-state index in [9.17, 15) is 14.3 Å². The molecule has 6 heteroatoms. The van der Waals surface area contributed by atoms with Crippen LogP contribution in [0.1, 0.15) is 31.4 Å². The second-order valence-corrected chi connectivity index (χ2v) is 5.88. The second-order valence-electron chi connectivity index (χ2n) is 3.95. The summed E-state index contributed by atoms with van der Waals surface area (Å²) < 4.78 is 16.6. The van der Waals surface area contributed by atoms with Crippen LogP contribution >= 0.6 is 7.60 Å². The number of aliphatic carboxylic acids is 1. The maximum atomic E-state index is 11.7. The molecule has 18 heavy (non-hydrogen) atoms. The average Bonchev–Trinajstić information content (AvgIpc) is 2.34. The minimum Gasteiger partial charge on any atom is -0.479 e. The zero-order valence-electron chi connectivity index (χ0n) is 10.2. The number of carboxylic acids is 1. The Balaban J connectivity index is 2.82. The second kappa shape index (κ2) is 6.69. The molecule has 1 rings (SSSR count). The molecule has 1 aromatic rings. The molecule has 0 aromatic heterocycles. The number of unbranched alkanes of at least 4 members (excludes halogenated alkanes) is 1. The van der Waals surface area contributed by atoms with Crippen molar-refractivity contribution in [2.45, 2.75) is 25.9 Å². The summed E-state index contributed by atoms with van der Waals surface area (Å²) in [6, 6.07) is 8.15. The zero-order valence-corrected chi connectivity index (χ0v) is 11.0. The summed E-state index contributed by atoms with van der Waals surface area (Å²) in [6.07, 6.45) is -0.162. The zero-order chi connectivity index (χ0) is 13.6. The Kier molecular flexibility index (Phi) is 5.54. The lowest BCUT2D eigenvalue weighted by molar-refractivity contribution is -0.145. The maximum Gasteiger partial charge on any atom is 0.338 e. The Labute approximate surface area is 106 Å². The van der Waals surface area contributed by atoms with Crippen LogP contribution in [-0.4, -0.2) is 22.1 Å². The fourth-order valence-electron chi connectivity index (χ4n) is 1.45. The molecular formula is C12H17O5P. The molecule has 0 aliphatic carbocycles. The standard InChI is InChI=1S/C12H17O5P/c1-2-3-9-18(15,16)17-11(12(13)14)10-7-5-4-6-8-10/h4-8,11H,2-3,9H2,1H3,(H,13,14)(H,15,16). The van der Waals surface area contributed by atoms with Crippen LogP contribution < -0.4 is 0 Å². The van der Waals surface area contributed by atoms with Gasteiger partial charge in [-0.3, -0.25) is 9.09 Å². The predicted octanol–water partition coefficient (Wildman–Crippen LogP) is 2.81. The van der Waals surface area contributed by atoms with Crippen molar-refractivity contribution in [2.24, 2.45) is 0 Å². The molecule has 2 N–H and O–H groups in total. The highest BCUT2D eigenvalue weighted by Crippen LogP contribution is 2.47. The van der Waals surface area contributed by atoms with Crippen LogP contribution in [-0.2, 0) is 13.9 Å². The van der Waals surface area contributed by atoms with Gasteiger partial charge in [0.25, 0.3) is 0 Å². The van der Waals surface area contributed by atoms with Gasteiger partial charge in [0.15, 0.2) is 6.10 Å². The van der Waals surface area contributed by atoms with Crippen molar-refractivity contribution in [1.82, 2.24) is 0 Å². The molecule has 0 aliphatic rings. The van der Waals surface area contributed by atoms with E-state index in [4.69, 9.17) is 9.63 Å². The number of benzene rings is 1. The SMILES string of the molecule is CCCCP(=O)(O)OC(C(=O)O)c1ccccc1. The first-order valence-electron chi connectivity index (χ1n) is 5.74. The van der Waals surface area contributed by atoms with E-state index in [1.54, 1.807) is 30.3 Å². The Morgan fingerprint density at radius 1 is 1.39 bits per heavy atom. The molecule has 0 spiro atoms. The first-order chi connectivity index (χ1) is 8.46. The summed E-state index contributed by atoms with van der Waals surface area (Å²) in [5.74, 6) is -1.27. The van der Waals surface area contributed by atoms with Gasteiger partial charge in [0.05, 0.1) is 6.16 Å². The lowest BCUT2D eigenvalue weighted by Gasteiger charge is -2.18. The van der Waals surface area contributed by atoms with Crippen molar-refractivity contribution in [2.75, 3.05) is 6.16 Å². The van der Waals surface area contributed by atoms with Crippen LogP contribution in [0.15, 0.2) is 30.3 Å². The van der Waals surface area contributed by atoms with Gasteiger partial charge in [0.2, 0.25) is 0 Å². The van der Waals surface area contributed by atoms with Gasteiger partial charge in [-0.25, -0.2) is 4.79 Å². The Hall–Kier alpha value is -1.16. The van der Waals surface area contributed by atoms with Crippen LogP contribution in [0.5, 0.6) is 0 Å². The number of hydrogen-bond donors (Lipinski definition) is 2. The van der Waals surface area contributed by atoms with Gasteiger partial charge in [-0.1, -0.05) is 43.7 Å². The van der Waals surface area contributed by atoms with Crippen LogP contribution in [0.3, 0.4) is 0 Å². The lowest BCUT2D eigenvalue weighted by atomic mass is 10.1. The van der Waals surface area contributed by atoms with E-state index in [1.807, 2.05) is 6.92 Å². The van der Waals surface area contributed by atoms with E-state index < -0.39 is 19.7 Å². The molecular weight excluding hydrogens is 255 g/mol. The lowest BCUT2D eigenvalue weighted by Crippen LogP contribution is -2.15. The van der Waals surface area contributed by atoms with Gasteiger partial charge in [0.1, 0.15) is 0 Å². The third kappa shape index (κ3) is 4.61. The Morgan fingerprint density at radius 3 is 2.50 bits per heavy atom. The van der Waals surface area contributed by atoms with Gasteiger partial charge in [-0.05, 0) is 12.0 Å². The third-order valence-electron chi connectivity index (χ3n) is 2.39. The van der Waals surface area contributed by atoms with Crippen LogP contribution in [0.25, 0.3) is 0 Å². The first-order valence-corrected chi connectivity index (χ1v) is 7.50. The molecule has 0 bridgehead atoms. The van der Waals surface area contributed by atoms with Gasteiger partial charge < -0.3 is 10.00 Å². The molecule has 2 atom stereocenters. The van der Waals surface area contributed by atoms with Gasteiger partial charge in [-0.2, -0.15) is 0 Å². The molecule has 0 amide bonds. The molecule has 0 saturated carbocycles. The summed E-state index contributed by atoms with van der Waals surface area (Å²) in [5, 5.41) is 9.06. The summed E-state index contributed by atoms with van der Waals surface area (Å²) >= 11 is 0. The predicted molar refractivity (Wildman–Crippen MR) is 67.5 cm³/mol. The molecule has 0 aliphatic heterocycles. The van der Waals surface area contributed by atoms with Crippen molar-refractivity contribution in [3.63, 3.8) is 0 Å². The van der Waals surface area contributed by atoms with E-state index in [2.05, 4.69) is 0 Å². The topological polar surface area (TPSA) is 83.8 Å². The molecule has 0 radical (unpaired) electrons. The third-order valence-corrected chi connectivity index (χ3v) is 3.81. The fraction of sp³-hybridized carbons (Fsp3) is 0.417. The summed E-state index contributed by atoms with van der Waals surface area (Å²) in [4.78, 5) is 20.7. The van der Waals surface area contributed by atoms with Crippen LogP contribution in [0.4, 0.5) is 0 Å². The molecule has 100 valence electrons. The number of hydrogen-bond acceptors (Lipinski definition) is 3. The minimum atomic E-state index is -3.87. The summed E-state index contributed by atoms with van der Waals surface area (Å²) in [6.45, 7) is 1.88.